The molecule has 23 heavy (non-hydrogen) atoms. The van der Waals surface area contributed by atoms with E-state index in [-0.39, 0.29) is 11.7 Å². The Bertz CT molecular complexity index is 711. The molecule has 1 N–H and O–H groups in total. The number of nitrogens with one attached hydrogen (secondary N) is 1. The summed E-state index contributed by atoms with van der Waals surface area (Å²) in [5.74, 6) is -0.449. The topological polar surface area (TPSA) is 61.6 Å². The van der Waals surface area contributed by atoms with Gasteiger partial charge in [-0.1, -0.05) is 5.16 Å². The van der Waals surface area contributed by atoms with E-state index >= 15 is 0 Å². The van der Waals surface area contributed by atoms with Crippen molar-refractivity contribution >= 4 is 17.5 Å². The van der Waals surface area contributed by atoms with Crippen molar-refractivity contribution < 1.29 is 18.1 Å². The molecule has 1 fully saturated rings. The summed E-state index contributed by atoms with van der Waals surface area (Å²) in [6, 6.07) is 4.77. The van der Waals surface area contributed by atoms with Gasteiger partial charge in [0.1, 0.15) is 5.76 Å². The fourth-order valence-electron chi connectivity index (χ4n) is 2.42. The second kappa shape index (κ2) is 6.23. The number of rotatable bonds is 2. The van der Waals surface area contributed by atoms with Crippen LogP contribution in [0, 0.1) is 18.6 Å². The number of nitrogens with zero attached hydrogens (tertiary/aromatic N) is 3. The van der Waals surface area contributed by atoms with Gasteiger partial charge in [-0.15, -0.1) is 0 Å². The van der Waals surface area contributed by atoms with Crippen LogP contribution in [0.5, 0.6) is 0 Å². The van der Waals surface area contributed by atoms with Crippen LogP contribution in [0.15, 0.2) is 28.8 Å². The molecule has 122 valence electrons. The van der Waals surface area contributed by atoms with E-state index in [9.17, 15) is 13.6 Å². The summed E-state index contributed by atoms with van der Waals surface area (Å²) >= 11 is 0. The standard InChI is InChI=1S/C15H16F2N4O2/c1-10-8-14(19-23-10)20-4-6-21(7-5-20)15(22)18-11-2-3-12(16)13(17)9-11/h2-3,8-9H,4-7H2,1H3,(H,18,22). The minimum atomic E-state index is -0.992. The van der Waals surface area contributed by atoms with Crippen LogP contribution in [0.1, 0.15) is 5.76 Å². The summed E-state index contributed by atoms with van der Waals surface area (Å²) in [4.78, 5) is 15.8. The zero-order valence-corrected chi connectivity index (χ0v) is 12.6. The Labute approximate surface area is 131 Å². The highest BCUT2D eigenvalue weighted by Crippen LogP contribution is 2.17. The molecule has 0 spiro atoms. The molecule has 6 nitrogen and oxygen atoms in total. The number of piperazine rings is 1. The summed E-state index contributed by atoms with van der Waals surface area (Å²) in [5.41, 5.74) is 0.225. The third-order valence-corrected chi connectivity index (χ3v) is 3.68. The molecule has 8 heteroatoms. The van der Waals surface area contributed by atoms with Crippen molar-refractivity contribution in [3.63, 3.8) is 0 Å². The second-order valence-electron chi connectivity index (χ2n) is 5.33. The van der Waals surface area contributed by atoms with Gasteiger partial charge in [-0.3, -0.25) is 0 Å². The van der Waals surface area contributed by atoms with Crippen molar-refractivity contribution in [3.05, 3.63) is 41.7 Å². The molecule has 0 atom stereocenters. The van der Waals surface area contributed by atoms with Gasteiger partial charge in [0.05, 0.1) is 0 Å². The van der Waals surface area contributed by atoms with E-state index in [1.807, 2.05) is 17.9 Å². The lowest BCUT2D eigenvalue weighted by Crippen LogP contribution is -2.50. The maximum atomic E-state index is 13.2. The number of aryl methyl sites for hydroxylation is 1. The van der Waals surface area contributed by atoms with Crippen molar-refractivity contribution in [1.29, 1.82) is 0 Å². The molecule has 1 aliphatic rings. The Kier molecular flexibility index (Phi) is 4.14. The van der Waals surface area contributed by atoms with Gasteiger partial charge < -0.3 is 19.6 Å². The number of benzene rings is 1. The van der Waals surface area contributed by atoms with Gasteiger partial charge in [0.2, 0.25) is 0 Å². The largest absolute Gasteiger partial charge is 0.360 e. The number of hydrogen-bond acceptors (Lipinski definition) is 4. The van der Waals surface area contributed by atoms with Crippen LogP contribution in [0.2, 0.25) is 0 Å². The number of hydrogen-bond donors (Lipinski definition) is 1. The van der Waals surface area contributed by atoms with Gasteiger partial charge >= 0.3 is 6.03 Å². The van der Waals surface area contributed by atoms with E-state index in [0.717, 1.165) is 23.7 Å². The molecular weight excluding hydrogens is 306 g/mol. The molecule has 2 amide bonds. The predicted molar refractivity (Wildman–Crippen MR) is 80.4 cm³/mol. The average Bonchev–Trinajstić information content (AvgIpc) is 2.97. The summed E-state index contributed by atoms with van der Waals surface area (Å²) < 4.78 is 31.1. The van der Waals surface area contributed by atoms with Gasteiger partial charge in [0.25, 0.3) is 0 Å². The van der Waals surface area contributed by atoms with Crippen LogP contribution < -0.4 is 10.2 Å². The van der Waals surface area contributed by atoms with E-state index in [1.54, 1.807) is 4.90 Å². The number of carbonyl (C=O) groups excluding carboxylic acids is 1. The number of amides is 2. The molecule has 3 rings (SSSR count). The van der Waals surface area contributed by atoms with Gasteiger partial charge in [-0.05, 0) is 19.1 Å². The number of halogens is 2. The van der Waals surface area contributed by atoms with Crippen molar-refractivity contribution in [1.82, 2.24) is 10.1 Å². The first kappa shape index (κ1) is 15.3. The first-order valence-electron chi connectivity index (χ1n) is 7.22. The summed E-state index contributed by atoms with van der Waals surface area (Å²) in [5, 5.41) is 6.52. The Morgan fingerprint density at radius 1 is 1.17 bits per heavy atom. The third-order valence-electron chi connectivity index (χ3n) is 3.68. The van der Waals surface area contributed by atoms with Gasteiger partial charge in [0.15, 0.2) is 17.5 Å². The quantitative estimate of drug-likeness (QED) is 0.923. The van der Waals surface area contributed by atoms with Crippen LogP contribution in [-0.2, 0) is 0 Å². The minimum Gasteiger partial charge on any atom is -0.360 e. The molecule has 1 saturated heterocycles. The van der Waals surface area contributed by atoms with Crippen LogP contribution in [0.25, 0.3) is 0 Å². The zero-order chi connectivity index (χ0) is 16.4. The average molecular weight is 322 g/mol. The maximum Gasteiger partial charge on any atom is 0.321 e. The molecule has 0 saturated carbocycles. The lowest BCUT2D eigenvalue weighted by molar-refractivity contribution is 0.208. The van der Waals surface area contributed by atoms with E-state index in [0.29, 0.717) is 26.2 Å². The minimum absolute atomic E-state index is 0.225. The van der Waals surface area contributed by atoms with Crippen LogP contribution in [0.3, 0.4) is 0 Å². The highest BCUT2D eigenvalue weighted by Gasteiger charge is 2.23. The SMILES string of the molecule is Cc1cc(N2CCN(C(=O)Nc3ccc(F)c(F)c3)CC2)no1. The van der Waals surface area contributed by atoms with E-state index in [2.05, 4.69) is 10.5 Å². The molecule has 1 aliphatic heterocycles. The molecule has 2 aromatic rings. The van der Waals surface area contributed by atoms with Crippen molar-refractivity contribution in [2.45, 2.75) is 6.92 Å². The van der Waals surface area contributed by atoms with Crippen LogP contribution in [0.4, 0.5) is 25.1 Å². The fourth-order valence-corrected chi connectivity index (χ4v) is 2.42. The van der Waals surface area contributed by atoms with Crippen LogP contribution in [-0.4, -0.2) is 42.3 Å². The predicted octanol–water partition coefficient (Wildman–Crippen LogP) is 2.62. The van der Waals surface area contributed by atoms with Crippen molar-refractivity contribution in [2.75, 3.05) is 36.4 Å². The van der Waals surface area contributed by atoms with E-state index < -0.39 is 11.6 Å². The Morgan fingerprint density at radius 2 is 1.91 bits per heavy atom. The number of carbonyl (C=O) groups is 1. The van der Waals surface area contributed by atoms with Crippen LogP contribution >= 0.6 is 0 Å². The van der Waals surface area contributed by atoms with Crippen molar-refractivity contribution in [3.8, 4) is 0 Å². The molecule has 2 heterocycles. The molecule has 1 aromatic carbocycles. The lowest BCUT2D eigenvalue weighted by atomic mass is 10.3. The molecule has 1 aromatic heterocycles. The molecular formula is C15H16F2N4O2. The maximum absolute atomic E-state index is 13.2. The highest BCUT2D eigenvalue weighted by atomic mass is 19.2. The monoisotopic (exact) mass is 322 g/mol. The normalized spacial score (nSPS) is 14.9. The van der Waals surface area contributed by atoms with Gasteiger partial charge in [0, 0.05) is 44.0 Å². The summed E-state index contributed by atoms with van der Waals surface area (Å²) in [6.07, 6.45) is 0. The smallest absolute Gasteiger partial charge is 0.321 e. The Hall–Kier alpha value is -2.64. The molecule has 0 bridgehead atoms. The fraction of sp³-hybridized carbons (Fsp3) is 0.333. The zero-order valence-electron chi connectivity index (χ0n) is 12.6. The van der Waals surface area contributed by atoms with Gasteiger partial charge in [-0.25, -0.2) is 13.6 Å². The first-order valence-corrected chi connectivity index (χ1v) is 7.22. The van der Waals surface area contributed by atoms with Gasteiger partial charge in [-0.2, -0.15) is 0 Å². The highest BCUT2D eigenvalue weighted by molar-refractivity contribution is 5.89. The molecule has 0 aliphatic carbocycles. The molecule has 0 unspecified atom stereocenters. The Morgan fingerprint density at radius 3 is 2.52 bits per heavy atom. The van der Waals surface area contributed by atoms with Crippen molar-refractivity contribution in [2.24, 2.45) is 0 Å². The number of aromatic nitrogens is 1. The number of anilines is 2. The lowest BCUT2D eigenvalue weighted by Gasteiger charge is -2.34. The summed E-state index contributed by atoms with van der Waals surface area (Å²) in [7, 11) is 0. The third kappa shape index (κ3) is 3.41. The first-order chi connectivity index (χ1) is 11.0. The van der Waals surface area contributed by atoms with E-state index in [4.69, 9.17) is 4.52 Å². The Balaban J connectivity index is 1.56. The van der Waals surface area contributed by atoms with E-state index in [1.165, 1.54) is 6.07 Å². The molecule has 0 radical (unpaired) electrons. The summed E-state index contributed by atoms with van der Waals surface area (Å²) in [6.45, 7) is 4.07. The number of urea groups is 1. The second-order valence-corrected chi connectivity index (χ2v) is 5.33.